The fourth-order valence-electron chi connectivity index (χ4n) is 1.75. The molecule has 1 atom stereocenters. The lowest BCUT2D eigenvalue weighted by atomic mass is 10.3. The van der Waals surface area contributed by atoms with Gasteiger partial charge in [-0.2, -0.15) is 0 Å². The van der Waals surface area contributed by atoms with Crippen molar-refractivity contribution in [2.75, 3.05) is 13.2 Å². The molecule has 0 radical (unpaired) electrons. The largest absolute Gasteiger partial charge is 0.491 e. The Kier molecular flexibility index (Phi) is 5.59. The van der Waals surface area contributed by atoms with Crippen LogP contribution in [-0.4, -0.2) is 34.3 Å². The van der Waals surface area contributed by atoms with E-state index in [4.69, 9.17) is 4.74 Å². The van der Waals surface area contributed by atoms with Gasteiger partial charge < -0.3 is 15.2 Å². The van der Waals surface area contributed by atoms with E-state index in [0.29, 0.717) is 18.8 Å². The minimum atomic E-state index is -0.655. The predicted octanol–water partition coefficient (Wildman–Crippen LogP) is 1.45. The fraction of sp³-hybridized carbons (Fsp3) is 0.333. The Bertz CT molecular complexity index is 563. The zero-order valence-corrected chi connectivity index (χ0v) is 11.8. The third-order valence-corrected chi connectivity index (χ3v) is 2.78. The molecule has 2 N–H and O–H groups in total. The number of ether oxygens (including phenoxy) is 1. The van der Waals surface area contributed by atoms with Gasteiger partial charge in [0.05, 0.1) is 5.69 Å². The number of benzene rings is 1. The lowest BCUT2D eigenvalue weighted by Crippen LogP contribution is -2.31. The molecule has 1 aromatic heterocycles. The second-order valence-corrected chi connectivity index (χ2v) is 4.64. The van der Waals surface area contributed by atoms with Crippen LogP contribution >= 0.6 is 0 Å². The Morgan fingerprint density at radius 1 is 1.29 bits per heavy atom. The Morgan fingerprint density at radius 2 is 2.05 bits per heavy atom. The number of nitrogens with zero attached hydrogens (tertiary/aromatic N) is 2. The highest BCUT2D eigenvalue weighted by atomic mass is 19.1. The van der Waals surface area contributed by atoms with E-state index < -0.39 is 6.10 Å². The highest BCUT2D eigenvalue weighted by Gasteiger charge is 2.05. The molecule has 0 spiro atoms. The summed E-state index contributed by atoms with van der Waals surface area (Å²) in [5.41, 5.74) is 0.870. The van der Waals surface area contributed by atoms with Crippen molar-refractivity contribution < 1.29 is 14.2 Å². The molecular formula is C15H18FN3O2. The molecule has 0 saturated heterocycles. The predicted molar refractivity (Wildman–Crippen MR) is 76.4 cm³/mol. The Balaban J connectivity index is 1.67. The molecule has 2 rings (SSSR count). The van der Waals surface area contributed by atoms with Crippen LogP contribution in [0.15, 0.2) is 36.5 Å². The van der Waals surface area contributed by atoms with E-state index in [9.17, 15) is 9.50 Å². The van der Waals surface area contributed by atoms with Gasteiger partial charge in [-0.15, -0.1) is 0 Å². The van der Waals surface area contributed by atoms with Gasteiger partial charge in [0.1, 0.15) is 30.1 Å². The van der Waals surface area contributed by atoms with Gasteiger partial charge in [0.25, 0.3) is 0 Å². The highest BCUT2D eigenvalue weighted by Crippen LogP contribution is 2.11. The van der Waals surface area contributed by atoms with Gasteiger partial charge in [-0.05, 0) is 37.3 Å². The molecule has 1 unspecified atom stereocenters. The zero-order valence-electron chi connectivity index (χ0n) is 11.8. The first kappa shape index (κ1) is 15.3. The fourth-order valence-corrected chi connectivity index (χ4v) is 1.75. The third kappa shape index (κ3) is 5.45. The second-order valence-electron chi connectivity index (χ2n) is 4.64. The summed E-state index contributed by atoms with van der Waals surface area (Å²) in [7, 11) is 0. The first-order valence-corrected chi connectivity index (χ1v) is 6.69. The average Bonchev–Trinajstić information content (AvgIpc) is 2.47. The van der Waals surface area contributed by atoms with Crippen molar-refractivity contribution in [3.8, 4) is 5.75 Å². The van der Waals surface area contributed by atoms with Crippen molar-refractivity contribution in [1.29, 1.82) is 0 Å². The summed E-state index contributed by atoms with van der Waals surface area (Å²) >= 11 is 0. The van der Waals surface area contributed by atoms with Crippen LogP contribution in [0, 0.1) is 12.7 Å². The maximum Gasteiger partial charge on any atom is 0.125 e. The number of aliphatic hydroxyl groups excluding tert-OH is 1. The van der Waals surface area contributed by atoms with Gasteiger partial charge in [0.2, 0.25) is 0 Å². The molecular weight excluding hydrogens is 273 g/mol. The maximum absolute atomic E-state index is 12.7. The van der Waals surface area contributed by atoms with Gasteiger partial charge in [-0.1, -0.05) is 0 Å². The molecule has 0 aliphatic heterocycles. The van der Waals surface area contributed by atoms with Crippen molar-refractivity contribution in [3.05, 3.63) is 53.9 Å². The van der Waals surface area contributed by atoms with Crippen LogP contribution in [0.1, 0.15) is 11.5 Å². The maximum atomic E-state index is 12.7. The van der Waals surface area contributed by atoms with E-state index in [-0.39, 0.29) is 12.4 Å². The number of hydrogen-bond acceptors (Lipinski definition) is 5. The first-order valence-electron chi connectivity index (χ1n) is 6.69. The Hall–Kier alpha value is -2.05. The van der Waals surface area contributed by atoms with E-state index in [1.165, 1.54) is 24.3 Å². The highest BCUT2D eigenvalue weighted by molar-refractivity contribution is 5.22. The van der Waals surface area contributed by atoms with Crippen molar-refractivity contribution in [3.63, 3.8) is 0 Å². The first-order chi connectivity index (χ1) is 10.1. The molecule has 0 fully saturated rings. The molecule has 6 heteroatoms. The number of nitrogens with one attached hydrogen (secondary N) is 1. The van der Waals surface area contributed by atoms with Crippen molar-refractivity contribution in [2.24, 2.45) is 0 Å². The topological polar surface area (TPSA) is 67.3 Å². The van der Waals surface area contributed by atoms with E-state index in [1.807, 2.05) is 13.0 Å². The molecule has 1 aromatic carbocycles. The van der Waals surface area contributed by atoms with E-state index in [1.54, 1.807) is 6.20 Å². The number of halogens is 1. The smallest absolute Gasteiger partial charge is 0.125 e. The minimum absolute atomic E-state index is 0.140. The summed E-state index contributed by atoms with van der Waals surface area (Å²) in [6.45, 7) is 2.90. The standard InChI is InChI=1S/C15H18FN3O2/c1-11-18-7-6-13(19-11)8-17-9-14(20)10-21-15-4-2-12(16)3-5-15/h2-7,14,17,20H,8-10H2,1H3. The van der Waals surface area contributed by atoms with E-state index >= 15 is 0 Å². The van der Waals surface area contributed by atoms with Gasteiger partial charge in [-0.25, -0.2) is 14.4 Å². The van der Waals surface area contributed by atoms with Gasteiger partial charge in [0.15, 0.2) is 0 Å². The van der Waals surface area contributed by atoms with E-state index in [2.05, 4.69) is 15.3 Å². The lowest BCUT2D eigenvalue weighted by molar-refractivity contribution is 0.106. The van der Waals surface area contributed by atoms with Crippen LogP contribution in [-0.2, 0) is 6.54 Å². The van der Waals surface area contributed by atoms with Crippen molar-refractivity contribution >= 4 is 0 Å². The summed E-state index contributed by atoms with van der Waals surface area (Å²) in [6, 6.07) is 7.51. The minimum Gasteiger partial charge on any atom is -0.491 e. The summed E-state index contributed by atoms with van der Waals surface area (Å²) in [5.74, 6) is 0.932. The molecule has 0 bridgehead atoms. The normalized spacial score (nSPS) is 12.1. The van der Waals surface area contributed by atoms with Crippen LogP contribution in [0.3, 0.4) is 0 Å². The van der Waals surface area contributed by atoms with E-state index in [0.717, 1.165) is 11.5 Å². The van der Waals surface area contributed by atoms with Crippen LogP contribution in [0.2, 0.25) is 0 Å². The monoisotopic (exact) mass is 291 g/mol. The van der Waals surface area contributed by atoms with Crippen molar-refractivity contribution in [2.45, 2.75) is 19.6 Å². The second kappa shape index (κ2) is 7.66. The molecule has 0 amide bonds. The Labute approximate surface area is 122 Å². The van der Waals surface area contributed by atoms with Crippen molar-refractivity contribution in [1.82, 2.24) is 15.3 Å². The zero-order chi connectivity index (χ0) is 15.1. The SMILES string of the molecule is Cc1nccc(CNCC(O)COc2ccc(F)cc2)n1. The van der Waals surface area contributed by atoms with Crippen LogP contribution in [0.4, 0.5) is 4.39 Å². The van der Waals surface area contributed by atoms with Gasteiger partial charge >= 0.3 is 0 Å². The number of aryl methyl sites for hydroxylation is 1. The number of aromatic nitrogens is 2. The van der Waals surface area contributed by atoms with Crippen LogP contribution in [0.5, 0.6) is 5.75 Å². The molecule has 0 aliphatic carbocycles. The summed E-state index contributed by atoms with van der Waals surface area (Å²) in [6.07, 6.45) is 1.05. The average molecular weight is 291 g/mol. The third-order valence-electron chi connectivity index (χ3n) is 2.78. The summed E-state index contributed by atoms with van der Waals surface area (Å²) in [5, 5.41) is 12.9. The number of hydrogen-bond donors (Lipinski definition) is 2. The molecule has 0 aliphatic rings. The Morgan fingerprint density at radius 3 is 2.76 bits per heavy atom. The molecule has 0 saturated carbocycles. The van der Waals surface area contributed by atoms with Gasteiger partial charge in [0, 0.05) is 19.3 Å². The summed E-state index contributed by atoms with van der Waals surface area (Å²) < 4.78 is 18.1. The molecule has 112 valence electrons. The van der Waals surface area contributed by atoms with Crippen LogP contribution < -0.4 is 10.1 Å². The number of rotatable bonds is 7. The van der Waals surface area contributed by atoms with Gasteiger partial charge in [-0.3, -0.25) is 0 Å². The molecule has 5 nitrogen and oxygen atoms in total. The number of aliphatic hydroxyl groups is 1. The molecule has 1 heterocycles. The molecule has 2 aromatic rings. The van der Waals surface area contributed by atoms with Crippen LogP contribution in [0.25, 0.3) is 0 Å². The lowest BCUT2D eigenvalue weighted by Gasteiger charge is -2.13. The summed E-state index contributed by atoms with van der Waals surface area (Å²) in [4.78, 5) is 8.27. The quantitative estimate of drug-likeness (QED) is 0.808. The molecule has 21 heavy (non-hydrogen) atoms.